The van der Waals surface area contributed by atoms with E-state index in [2.05, 4.69) is 16.0 Å². The Hall–Kier alpha value is -2.46. The Morgan fingerprint density at radius 3 is 2.95 bits per heavy atom. The third-order valence-electron chi connectivity index (χ3n) is 2.90. The van der Waals surface area contributed by atoms with E-state index in [1.165, 1.54) is 18.0 Å². The highest BCUT2D eigenvalue weighted by molar-refractivity contribution is 7.99. The van der Waals surface area contributed by atoms with Gasteiger partial charge < -0.3 is 14.7 Å². The third kappa shape index (κ3) is 2.21. The topological polar surface area (TPSA) is 98.7 Å². The van der Waals surface area contributed by atoms with Gasteiger partial charge in [-0.05, 0) is 18.2 Å². The number of aromatic amines is 2. The molecule has 0 radical (unpaired) electrons. The van der Waals surface area contributed by atoms with Crippen LogP contribution in [-0.2, 0) is 0 Å². The van der Waals surface area contributed by atoms with Crippen LogP contribution in [-0.4, -0.2) is 16.6 Å². The van der Waals surface area contributed by atoms with Crippen molar-refractivity contribution in [1.29, 1.82) is 5.26 Å². The molecule has 1 aliphatic rings. The molecule has 0 spiro atoms. The first-order valence-electron chi connectivity index (χ1n) is 5.83. The molecule has 2 heterocycles. The van der Waals surface area contributed by atoms with Gasteiger partial charge in [0.05, 0.1) is 27.5 Å². The second-order valence-electron chi connectivity index (χ2n) is 4.22. The smallest absolute Gasteiger partial charge is 0.313 e. The lowest BCUT2D eigenvalue weighted by atomic mass is 10.2. The predicted octanol–water partition coefficient (Wildman–Crippen LogP) is 1.16. The molecule has 20 heavy (non-hydrogen) atoms. The van der Waals surface area contributed by atoms with Crippen LogP contribution in [0, 0.1) is 11.3 Å². The van der Waals surface area contributed by atoms with Crippen LogP contribution in [0.25, 0.3) is 0 Å². The van der Waals surface area contributed by atoms with E-state index < -0.39 is 11.1 Å². The second kappa shape index (κ2) is 4.90. The quantitative estimate of drug-likeness (QED) is 0.767. The first-order valence-corrected chi connectivity index (χ1v) is 6.71. The fourth-order valence-corrected chi connectivity index (χ4v) is 2.98. The summed E-state index contributed by atoms with van der Waals surface area (Å²) in [4.78, 5) is 28.2. The minimum absolute atomic E-state index is 0.111. The summed E-state index contributed by atoms with van der Waals surface area (Å²) >= 11 is 1.52. The fraction of sp³-hybridized carbons (Fsp3) is 0.154. The van der Waals surface area contributed by atoms with Crippen molar-refractivity contribution in [2.75, 3.05) is 6.61 Å². The molecule has 1 aliphatic heterocycles. The number of nitrogens with zero attached hydrogens (tertiary/aromatic N) is 1. The number of benzene rings is 1. The predicted molar refractivity (Wildman–Crippen MR) is 72.9 cm³/mol. The van der Waals surface area contributed by atoms with E-state index in [9.17, 15) is 9.59 Å². The van der Waals surface area contributed by atoms with Crippen LogP contribution in [0.4, 0.5) is 0 Å². The molecule has 0 unspecified atom stereocenters. The molecule has 2 N–H and O–H groups in total. The Kier molecular flexibility index (Phi) is 3.08. The monoisotopic (exact) mass is 287 g/mol. The molecule has 0 amide bonds. The first kappa shape index (κ1) is 12.6. The van der Waals surface area contributed by atoms with Crippen molar-refractivity contribution in [3.05, 3.63) is 56.4 Å². The Morgan fingerprint density at radius 2 is 2.20 bits per heavy atom. The van der Waals surface area contributed by atoms with Crippen LogP contribution in [0.5, 0.6) is 5.75 Å². The molecule has 0 fully saturated rings. The molecular weight excluding hydrogens is 278 g/mol. The summed E-state index contributed by atoms with van der Waals surface area (Å²) in [5.74, 6) is 0.664. The zero-order chi connectivity index (χ0) is 14.1. The lowest BCUT2D eigenvalue weighted by Crippen LogP contribution is -2.31. The number of nitriles is 1. The molecule has 0 saturated heterocycles. The second-order valence-corrected chi connectivity index (χ2v) is 5.46. The molecule has 1 aromatic carbocycles. The highest BCUT2D eigenvalue weighted by atomic mass is 32.2. The van der Waals surface area contributed by atoms with Crippen LogP contribution in [0.2, 0.25) is 0 Å². The largest absolute Gasteiger partial charge is 0.491 e. The molecule has 2 aromatic rings. The molecule has 6 nitrogen and oxygen atoms in total. The Labute approximate surface area is 117 Å². The van der Waals surface area contributed by atoms with Crippen molar-refractivity contribution in [2.24, 2.45) is 0 Å². The summed E-state index contributed by atoms with van der Waals surface area (Å²) in [6.07, 6.45) is 1.49. The SMILES string of the molecule is N#Cc1ccc2c(c1)OC[C@@H](c1c[nH]c(=O)c(=O)[nH]1)S2. The maximum atomic E-state index is 11.3. The van der Waals surface area contributed by atoms with Gasteiger partial charge in [-0.25, -0.2) is 0 Å². The van der Waals surface area contributed by atoms with Crippen molar-refractivity contribution in [3.63, 3.8) is 0 Å². The van der Waals surface area contributed by atoms with Gasteiger partial charge in [0.2, 0.25) is 0 Å². The number of thioether (sulfide) groups is 1. The summed E-state index contributed by atoms with van der Waals surface area (Å²) in [6.45, 7) is 0.356. The lowest BCUT2D eigenvalue weighted by Gasteiger charge is -2.24. The standard InChI is InChI=1S/C13H9N3O3S/c14-4-7-1-2-10-9(3-7)19-6-11(20-10)8-5-15-12(17)13(18)16-8/h1-3,5,11H,6H2,(H,15,17)(H,16,18)/t11-/m0/s1. The van der Waals surface area contributed by atoms with E-state index in [0.29, 0.717) is 23.6 Å². The minimum atomic E-state index is -0.672. The van der Waals surface area contributed by atoms with Crippen LogP contribution in [0.15, 0.2) is 38.9 Å². The highest BCUT2D eigenvalue weighted by Gasteiger charge is 2.23. The van der Waals surface area contributed by atoms with E-state index in [-0.39, 0.29) is 5.25 Å². The Balaban J connectivity index is 1.92. The maximum absolute atomic E-state index is 11.3. The van der Waals surface area contributed by atoms with Crippen molar-refractivity contribution in [2.45, 2.75) is 10.1 Å². The third-order valence-corrected chi connectivity index (χ3v) is 4.17. The Bertz CT molecular complexity index is 819. The van der Waals surface area contributed by atoms with E-state index >= 15 is 0 Å². The number of H-pyrrole nitrogens is 2. The maximum Gasteiger partial charge on any atom is 0.313 e. The molecular formula is C13H9N3O3S. The number of nitrogens with one attached hydrogen (secondary N) is 2. The molecule has 0 aliphatic carbocycles. The summed E-state index contributed by atoms with van der Waals surface area (Å²) in [6, 6.07) is 7.28. The first-order chi connectivity index (χ1) is 9.67. The van der Waals surface area contributed by atoms with E-state index in [4.69, 9.17) is 10.00 Å². The average molecular weight is 287 g/mol. The average Bonchev–Trinajstić information content (AvgIpc) is 2.49. The molecule has 100 valence electrons. The highest BCUT2D eigenvalue weighted by Crippen LogP contribution is 2.43. The van der Waals surface area contributed by atoms with Crippen molar-refractivity contribution < 1.29 is 4.74 Å². The summed E-state index contributed by atoms with van der Waals surface area (Å²) in [5, 5.41) is 8.73. The van der Waals surface area contributed by atoms with Crippen LogP contribution >= 0.6 is 11.8 Å². The van der Waals surface area contributed by atoms with Gasteiger partial charge in [-0.1, -0.05) is 0 Å². The normalized spacial score (nSPS) is 16.9. The molecule has 3 rings (SSSR count). The van der Waals surface area contributed by atoms with Crippen molar-refractivity contribution in [3.8, 4) is 11.8 Å². The number of aromatic nitrogens is 2. The lowest BCUT2D eigenvalue weighted by molar-refractivity contribution is 0.302. The van der Waals surface area contributed by atoms with Gasteiger partial charge in [-0.15, -0.1) is 11.8 Å². The number of ether oxygens (including phenoxy) is 1. The minimum Gasteiger partial charge on any atom is -0.491 e. The van der Waals surface area contributed by atoms with E-state index in [0.717, 1.165) is 4.90 Å². The molecule has 0 bridgehead atoms. The van der Waals surface area contributed by atoms with Gasteiger partial charge in [-0.3, -0.25) is 9.59 Å². The van der Waals surface area contributed by atoms with E-state index in [1.807, 2.05) is 6.07 Å². The molecule has 0 saturated carbocycles. The van der Waals surface area contributed by atoms with Gasteiger partial charge >= 0.3 is 11.1 Å². The fourth-order valence-electron chi connectivity index (χ4n) is 1.90. The zero-order valence-electron chi connectivity index (χ0n) is 10.2. The van der Waals surface area contributed by atoms with E-state index in [1.54, 1.807) is 12.1 Å². The number of fused-ring (bicyclic) bond motifs is 1. The van der Waals surface area contributed by atoms with Crippen LogP contribution in [0.1, 0.15) is 16.5 Å². The summed E-state index contributed by atoms with van der Waals surface area (Å²) in [7, 11) is 0. The Morgan fingerprint density at radius 1 is 1.35 bits per heavy atom. The molecule has 7 heteroatoms. The molecule has 1 atom stereocenters. The van der Waals surface area contributed by atoms with Gasteiger partial charge in [0.25, 0.3) is 0 Å². The van der Waals surface area contributed by atoms with Crippen molar-refractivity contribution >= 4 is 11.8 Å². The zero-order valence-corrected chi connectivity index (χ0v) is 11.0. The van der Waals surface area contributed by atoms with Gasteiger partial charge in [0.15, 0.2) is 0 Å². The number of hydrogen-bond acceptors (Lipinski definition) is 5. The van der Waals surface area contributed by atoms with Gasteiger partial charge in [0, 0.05) is 6.20 Å². The number of hydrogen-bond donors (Lipinski definition) is 2. The summed E-state index contributed by atoms with van der Waals surface area (Å²) in [5.41, 5.74) is -0.196. The van der Waals surface area contributed by atoms with Crippen LogP contribution in [0.3, 0.4) is 0 Å². The number of rotatable bonds is 1. The van der Waals surface area contributed by atoms with Gasteiger partial charge in [0.1, 0.15) is 12.4 Å². The molecule has 1 aromatic heterocycles. The summed E-state index contributed by atoms with van der Waals surface area (Å²) < 4.78 is 5.62. The van der Waals surface area contributed by atoms with Crippen LogP contribution < -0.4 is 15.9 Å². The van der Waals surface area contributed by atoms with Gasteiger partial charge in [-0.2, -0.15) is 5.26 Å². The van der Waals surface area contributed by atoms with Crippen molar-refractivity contribution in [1.82, 2.24) is 9.97 Å².